The SMILES string of the molecule is CCN(CC)C(C)CNC(=O)Nc1cccc(Cl)c1C. The van der Waals surface area contributed by atoms with Crippen LogP contribution in [0.4, 0.5) is 10.5 Å². The standard InChI is InChI=1S/C15H24ClN3O/c1-5-19(6-2)11(3)10-17-15(20)18-14-9-7-8-13(16)12(14)4/h7-9,11H,5-6,10H2,1-4H3,(H2,17,18,20). The third kappa shape index (κ3) is 4.69. The number of anilines is 1. The van der Waals surface area contributed by atoms with E-state index in [1.807, 2.05) is 25.1 Å². The summed E-state index contributed by atoms with van der Waals surface area (Å²) in [6.45, 7) is 10.8. The molecule has 0 aromatic heterocycles. The fourth-order valence-electron chi connectivity index (χ4n) is 2.13. The summed E-state index contributed by atoms with van der Waals surface area (Å²) in [5.74, 6) is 0. The number of hydrogen-bond donors (Lipinski definition) is 2. The van der Waals surface area contributed by atoms with E-state index >= 15 is 0 Å². The van der Waals surface area contributed by atoms with Crippen LogP contribution in [0.2, 0.25) is 5.02 Å². The Kier molecular flexibility index (Phi) is 6.82. The van der Waals surface area contributed by atoms with Gasteiger partial charge in [-0.3, -0.25) is 4.90 Å². The van der Waals surface area contributed by atoms with E-state index in [1.54, 1.807) is 0 Å². The highest BCUT2D eigenvalue weighted by Crippen LogP contribution is 2.22. The van der Waals surface area contributed by atoms with Crippen molar-refractivity contribution in [3.8, 4) is 0 Å². The van der Waals surface area contributed by atoms with Crippen LogP contribution in [0.25, 0.3) is 0 Å². The summed E-state index contributed by atoms with van der Waals surface area (Å²) in [6, 6.07) is 5.59. The third-order valence-electron chi connectivity index (χ3n) is 3.51. The first-order chi connectivity index (χ1) is 9.49. The number of carbonyl (C=O) groups is 1. The molecule has 0 heterocycles. The summed E-state index contributed by atoms with van der Waals surface area (Å²) in [5, 5.41) is 6.37. The number of likely N-dealkylation sites (N-methyl/N-ethyl adjacent to an activating group) is 1. The zero-order valence-electron chi connectivity index (χ0n) is 12.7. The lowest BCUT2D eigenvalue weighted by molar-refractivity contribution is 0.220. The highest BCUT2D eigenvalue weighted by molar-refractivity contribution is 6.31. The zero-order chi connectivity index (χ0) is 15.1. The largest absolute Gasteiger partial charge is 0.336 e. The van der Waals surface area contributed by atoms with E-state index in [9.17, 15) is 4.79 Å². The molecule has 0 saturated heterocycles. The maximum Gasteiger partial charge on any atom is 0.319 e. The molecular weight excluding hydrogens is 274 g/mol. The van der Waals surface area contributed by atoms with E-state index in [2.05, 4.69) is 36.3 Å². The molecule has 4 nitrogen and oxygen atoms in total. The van der Waals surface area contributed by atoms with Crippen LogP contribution < -0.4 is 10.6 Å². The lowest BCUT2D eigenvalue weighted by Crippen LogP contribution is -2.43. The van der Waals surface area contributed by atoms with Crippen molar-refractivity contribution in [3.05, 3.63) is 28.8 Å². The molecule has 1 unspecified atom stereocenters. The third-order valence-corrected chi connectivity index (χ3v) is 3.92. The molecule has 0 aliphatic rings. The molecule has 1 aromatic rings. The van der Waals surface area contributed by atoms with Gasteiger partial charge in [0.15, 0.2) is 0 Å². The summed E-state index contributed by atoms with van der Waals surface area (Å²) < 4.78 is 0. The molecule has 0 spiro atoms. The van der Waals surface area contributed by atoms with Gasteiger partial charge in [-0.2, -0.15) is 0 Å². The number of halogens is 1. The van der Waals surface area contributed by atoms with Gasteiger partial charge in [0.2, 0.25) is 0 Å². The van der Waals surface area contributed by atoms with Gasteiger partial charge in [-0.1, -0.05) is 31.5 Å². The Morgan fingerprint density at radius 3 is 2.60 bits per heavy atom. The van der Waals surface area contributed by atoms with Crippen molar-refractivity contribution in [2.24, 2.45) is 0 Å². The van der Waals surface area contributed by atoms with E-state index in [4.69, 9.17) is 11.6 Å². The average Bonchev–Trinajstić information content (AvgIpc) is 2.43. The first-order valence-electron chi connectivity index (χ1n) is 7.03. The molecule has 1 aromatic carbocycles. The Balaban J connectivity index is 2.50. The van der Waals surface area contributed by atoms with Gasteiger partial charge < -0.3 is 10.6 Å². The van der Waals surface area contributed by atoms with Gasteiger partial charge >= 0.3 is 6.03 Å². The second-order valence-corrected chi connectivity index (χ2v) is 5.22. The predicted octanol–water partition coefficient (Wildman–Crippen LogP) is 3.50. The van der Waals surface area contributed by atoms with Crippen LogP contribution in [0.5, 0.6) is 0 Å². The van der Waals surface area contributed by atoms with Crippen LogP contribution >= 0.6 is 11.6 Å². The Labute approximate surface area is 126 Å². The number of carbonyl (C=O) groups excluding carboxylic acids is 1. The monoisotopic (exact) mass is 297 g/mol. The van der Waals surface area contributed by atoms with Gasteiger partial charge in [0.1, 0.15) is 0 Å². The van der Waals surface area contributed by atoms with Crippen molar-refractivity contribution in [2.45, 2.75) is 33.7 Å². The highest BCUT2D eigenvalue weighted by atomic mass is 35.5. The minimum Gasteiger partial charge on any atom is -0.336 e. The van der Waals surface area contributed by atoms with Gasteiger partial charge in [-0.05, 0) is 44.6 Å². The predicted molar refractivity (Wildman–Crippen MR) is 85.6 cm³/mol. The molecule has 1 atom stereocenters. The number of hydrogen-bond acceptors (Lipinski definition) is 2. The normalized spacial score (nSPS) is 12.3. The maximum atomic E-state index is 11.9. The van der Waals surface area contributed by atoms with Crippen LogP contribution in [0, 0.1) is 6.92 Å². The summed E-state index contributed by atoms with van der Waals surface area (Å²) in [5.41, 5.74) is 1.62. The first-order valence-corrected chi connectivity index (χ1v) is 7.41. The Hall–Kier alpha value is -1.26. The second kappa shape index (κ2) is 8.12. The van der Waals surface area contributed by atoms with Crippen LogP contribution in [0.15, 0.2) is 18.2 Å². The molecule has 20 heavy (non-hydrogen) atoms. The zero-order valence-corrected chi connectivity index (χ0v) is 13.4. The van der Waals surface area contributed by atoms with Crippen molar-refractivity contribution in [1.82, 2.24) is 10.2 Å². The van der Waals surface area contributed by atoms with E-state index in [1.165, 1.54) is 0 Å². The van der Waals surface area contributed by atoms with Crippen molar-refractivity contribution in [1.29, 1.82) is 0 Å². The number of rotatable bonds is 6. The van der Waals surface area contributed by atoms with Crippen LogP contribution in [-0.4, -0.2) is 36.6 Å². The molecule has 0 radical (unpaired) electrons. The van der Waals surface area contributed by atoms with Gasteiger partial charge in [0, 0.05) is 23.3 Å². The summed E-state index contributed by atoms with van der Waals surface area (Å²) >= 11 is 6.03. The number of nitrogens with zero attached hydrogens (tertiary/aromatic N) is 1. The van der Waals surface area contributed by atoms with Gasteiger partial charge in [0.25, 0.3) is 0 Å². The quantitative estimate of drug-likeness (QED) is 0.844. The number of benzene rings is 1. The number of amides is 2. The summed E-state index contributed by atoms with van der Waals surface area (Å²) in [7, 11) is 0. The van der Waals surface area contributed by atoms with Crippen molar-refractivity contribution in [2.75, 3.05) is 25.0 Å². The molecule has 112 valence electrons. The molecule has 0 aliphatic heterocycles. The highest BCUT2D eigenvalue weighted by Gasteiger charge is 2.12. The molecular formula is C15H24ClN3O. The van der Waals surface area contributed by atoms with Gasteiger partial charge in [-0.25, -0.2) is 4.79 Å². The lowest BCUT2D eigenvalue weighted by atomic mass is 10.2. The van der Waals surface area contributed by atoms with Crippen molar-refractivity contribution >= 4 is 23.3 Å². The molecule has 2 amide bonds. The molecule has 1 rings (SSSR count). The van der Waals surface area contributed by atoms with Crippen molar-refractivity contribution < 1.29 is 4.79 Å². The Bertz CT molecular complexity index is 447. The minimum absolute atomic E-state index is 0.200. The molecule has 0 fully saturated rings. The number of urea groups is 1. The Morgan fingerprint density at radius 2 is 2.00 bits per heavy atom. The lowest BCUT2D eigenvalue weighted by Gasteiger charge is -2.26. The van der Waals surface area contributed by atoms with Crippen molar-refractivity contribution in [3.63, 3.8) is 0 Å². The smallest absolute Gasteiger partial charge is 0.319 e. The average molecular weight is 298 g/mol. The van der Waals surface area contributed by atoms with Crippen LogP contribution in [0.1, 0.15) is 26.3 Å². The summed E-state index contributed by atoms with van der Waals surface area (Å²) in [4.78, 5) is 14.2. The molecule has 5 heteroatoms. The first kappa shape index (κ1) is 16.8. The molecule has 2 N–H and O–H groups in total. The van der Waals surface area contributed by atoms with Crippen LogP contribution in [-0.2, 0) is 0 Å². The van der Waals surface area contributed by atoms with E-state index in [0.717, 1.165) is 24.3 Å². The van der Waals surface area contributed by atoms with E-state index in [0.29, 0.717) is 17.6 Å². The number of nitrogens with one attached hydrogen (secondary N) is 2. The van der Waals surface area contributed by atoms with Crippen LogP contribution in [0.3, 0.4) is 0 Å². The van der Waals surface area contributed by atoms with Gasteiger partial charge in [-0.15, -0.1) is 0 Å². The molecule has 0 aliphatic carbocycles. The fourth-order valence-corrected chi connectivity index (χ4v) is 2.30. The molecule has 0 bridgehead atoms. The second-order valence-electron chi connectivity index (χ2n) is 4.82. The molecule has 0 saturated carbocycles. The summed E-state index contributed by atoms with van der Waals surface area (Å²) in [6.07, 6.45) is 0. The maximum absolute atomic E-state index is 11.9. The fraction of sp³-hybridized carbons (Fsp3) is 0.533. The van der Waals surface area contributed by atoms with E-state index in [-0.39, 0.29) is 6.03 Å². The van der Waals surface area contributed by atoms with Gasteiger partial charge in [0.05, 0.1) is 0 Å². The minimum atomic E-state index is -0.200. The topological polar surface area (TPSA) is 44.4 Å². The van der Waals surface area contributed by atoms with E-state index < -0.39 is 0 Å². The Morgan fingerprint density at radius 1 is 1.35 bits per heavy atom.